The lowest BCUT2D eigenvalue weighted by Gasteiger charge is -2.19. The van der Waals surface area contributed by atoms with Gasteiger partial charge in [0.2, 0.25) is 0 Å². The summed E-state index contributed by atoms with van der Waals surface area (Å²) in [6.45, 7) is 5.18. The molecular formula is C6H12N4O2. The van der Waals surface area contributed by atoms with Crippen LogP contribution in [0.2, 0.25) is 0 Å². The van der Waals surface area contributed by atoms with Gasteiger partial charge in [0.15, 0.2) is 6.73 Å². The maximum atomic E-state index is 10.8. The lowest BCUT2D eigenvalue weighted by atomic mass is 10.1. The molecular weight excluding hydrogens is 160 g/mol. The molecule has 0 saturated carbocycles. The third kappa shape index (κ3) is 6.70. The Bertz CT molecular complexity index is 202. The Morgan fingerprint density at radius 2 is 2.25 bits per heavy atom. The summed E-state index contributed by atoms with van der Waals surface area (Å²) in [5.41, 5.74) is 7.52. The predicted octanol–water partition coefficient (Wildman–Crippen LogP) is 1.78. The second-order valence-electron chi connectivity index (χ2n) is 3.17. The first kappa shape index (κ1) is 10.6. The Hall–Kier alpha value is -1.42. The van der Waals surface area contributed by atoms with Crippen LogP contribution in [0.5, 0.6) is 0 Å². The van der Waals surface area contributed by atoms with Gasteiger partial charge >= 0.3 is 6.09 Å². The lowest BCUT2D eigenvalue weighted by Crippen LogP contribution is -2.40. The van der Waals surface area contributed by atoms with E-state index in [1.165, 1.54) is 0 Å². The van der Waals surface area contributed by atoms with Gasteiger partial charge in [-0.2, -0.15) is 0 Å². The zero-order chi connectivity index (χ0) is 9.61. The van der Waals surface area contributed by atoms with Crippen LogP contribution in [0.25, 0.3) is 10.4 Å². The van der Waals surface area contributed by atoms with Gasteiger partial charge in [-0.25, -0.2) is 4.79 Å². The van der Waals surface area contributed by atoms with Crippen LogP contribution in [-0.4, -0.2) is 18.4 Å². The monoisotopic (exact) mass is 172 g/mol. The zero-order valence-electron chi connectivity index (χ0n) is 7.37. The molecule has 1 amide bonds. The molecule has 0 aliphatic heterocycles. The minimum Gasteiger partial charge on any atom is -0.443 e. The number of nitrogens with one attached hydrogen (secondary N) is 1. The van der Waals surface area contributed by atoms with Crippen molar-refractivity contribution >= 4 is 6.09 Å². The van der Waals surface area contributed by atoms with E-state index in [1.807, 2.05) is 20.8 Å². The fourth-order valence-corrected chi connectivity index (χ4v) is 0.456. The number of carbonyl (C=O) groups excluding carboxylic acids is 1. The van der Waals surface area contributed by atoms with E-state index >= 15 is 0 Å². The van der Waals surface area contributed by atoms with E-state index in [-0.39, 0.29) is 12.3 Å². The molecule has 0 rings (SSSR count). The van der Waals surface area contributed by atoms with Gasteiger partial charge in [-0.3, -0.25) is 0 Å². The van der Waals surface area contributed by atoms with E-state index in [0.29, 0.717) is 0 Å². The topological polar surface area (TPSA) is 87.1 Å². The van der Waals surface area contributed by atoms with Crippen molar-refractivity contribution in [2.24, 2.45) is 5.11 Å². The molecule has 0 aromatic rings. The highest BCUT2D eigenvalue weighted by Crippen LogP contribution is 1.98. The summed E-state index contributed by atoms with van der Waals surface area (Å²) in [4.78, 5) is 13.2. The van der Waals surface area contributed by atoms with E-state index in [0.717, 1.165) is 0 Å². The van der Waals surface area contributed by atoms with E-state index in [2.05, 4.69) is 20.1 Å². The molecule has 0 spiro atoms. The number of nitrogens with zero attached hydrogens (tertiary/aromatic N) is 3. The Balaban J connectivity index is 3.68. The molecule has 0 atom stereocenters. The maximum Gasteiger partial charge on any atom is 0.407 e. The van der Waals surface area contributed by atoms with Crippen molar-refractivity contribution in [1.82, 2.24) is 5.32 Å². The van der Waals surface area contributed by atoms with Crippen LogP contribution in [0.4, 0.5) is 4.79 Å². The Morgan fingerprint density at radius 3 is 2.67 bits per heavy atom. The molecule has 0 bridgehead atoms. The molecule has 0 radical (unpaired) electrons. The van der Waals surface area contributed by atoms with Gasteiger partial charge in [0.1, 0.15) is 0 Å². The average Bonchev–Trinajstić information content (AvgIpc) is 1.84. The summed E-state index contributed by atoms with van der Waals surface area (Å²) in [7, 11) is 0. The van der Waals surface area contributed by atoms with Gasteiger partial charge in [0, 0.05) is 10.5 Å². The van der Waals surface area contributed by atoms with Gasteiger partial charge in [0.25, 0.3) is 0 Å². The standard InChI is InChI=1S/C6H12N4O2/c1-6(2,3)9-5(11)12-4-8-10-7/h4H2,1-3H3,(H,9,11). The van der Waals surface area contributed by atoms with Crippen LogP contribution in [0.15, 0.2) is 5.11 Å². The van der Waals surface area contributed by atoms with E-state index in [9.17, 15) is 4.79 Å². The van der Waals surface area contributed by atoms with Crippen molar-refractivity contribution in [3.05, 3.63) is 10.4 Å². The molecule has 68 valence electrons. The molecule has 0 aliphatic carbocycles. The minimum absolute atomic E-state index is 0.279. The third-order valence-electron chi connectivity index (χ3n) is 0.794. The fraction of sp³-hybridized carbons (Fsp3) is 0.833. The van der Waals surface area contributed by atoms with Crippen LogP contribution < -0.4 is 5.32 Å². The molecule has 6 heteroatoms. The Kier molecular flexibility index (Phi) is 3.93. The highest BCUT2D eigenvalue weighted by Gasteiger charge is 2.13. The number of azide groups is 1. The Labute approximate surface area is 70.5 Å². The third-order valence-corrected chi connectivity index (χ3v) is 0.794. The van der Waals surface area contributed by atoms with Gasteiger partial charge in [-0.05, 0) is 26.3 Å². The minimum atomic E-state index is -0.588. The number of carbonyl (C=O) groups is 1. The molecule has 0 unspecified atom stereocenters. The van der Waals surface area contributed by atoms with Crippen LogP contribution in [0, 0.1) is 0 Å². The molecule has 0 saturated heterocycles. The van der Waals surface area contributed by atoms with Gasteiger partial charge in [-0.1, -0.05) is 5.11 Å². The number of alkyl carbamates (subject to hydrolysis) is 1. The highest BCUT2D eigenvalue weighted by atomic mass is 16.6. The van der Waals surface area contributed by atoms with Crippen LogP contribution in [-0.2, 0) is 4.74 Å². The maximum absolute atomic E-state index is 10.8. The number of hydrogen-bond donors (Lipinski definition) is 1. The van der Waals surface area contributed by atoms with Crippen LogP contribution in [0.1, 0.15) is 20.8 Å². The quantitative estimate of drug-likeness (QED) is 0.391. The fourth-order valence-electron chi connectivity index (χ4n) is 0.456. The Morgan fingerprint density at radius 1 is 1.67 bits per heavy atom. The van der Waals surface area contributed by atoms with Crippen molar-refractivity contribution in [3.8, 4) is 0 Å². The van der Waals surface area contributed by atoms with Crippen molar-refractivity contribution in [1.29, 1.82) is 0 Å². The second-order valence-corrected chi connectivity index (χ2v) is 3.17. The zero-order valence-corrected chi connectivity index (χ0v) is 7.37. The molecule has 0 aliphatic rings. The number of ether oxygens (including phenoxy) is 1. The van der Waals surface area contributed by atoms with Gasteiger partial charge in [-0.15, -0.1) is 0 Å². The number of amides is 1. The summed E-state index contributed by atoms with van der Waals surface area (Å²) in [6, 6.07) is 0. The molecule has 1 N–H and O–H groups in total. The van der Waals surface area contributed by atoms with E-state index < -0.39 is 6.09 Å². The largest absolute Gasteiger partial charge is 0.443 e. The molecule has 12 heavy (non-hydrogen) atoms. The smallest absolute Gasteiger partial charge is 0.407 e. The molecule has 0 fully saturated rings. The number of rotatable bonds is 2. The second kappa shape index (κ2) is 4.46. The van der Waals surface area contributed by atoms with E-state index in [1.54, 1.807) is 0 Å². The van der Waals surface area contributed by atoms with Crippen molar-refractivity contribution < 1.29 is 9.53 Å². The molecule has 6 nitrogen and oxygen atoms in total. The van der Waals surface area contributed by atoms with Crippen LogP contribution >= 0.6 is 0 Å². The molecule has 0 heterocycles. The highest BCUT2D eigenvalue weighted by molar-refractivity contribution is 5.67. The first-order valence-electron chi connectivity index (χ1n) is 3.41. The van der Waals surface area contributed by atoms with Crippen molar-refractivity contribution in [2.75, 3.05) is 6.73 Å². The summed E-state index contributed by atoms with van der Waals surface area (Å²) < 4.78 is 4.49. The SMILES string of the molecule is CC(C)(C)NC(=O)OCN=[N+]=[N-]. The van der Waals surface area contributed by atoms with E-state index in [4.69, 9.17) is 5.53 Å². The van der Waals surface area contributed by atoms with Gasteiger partial charge in [0.05, 0.1) is 0 Å². The first-order chi connectivity index (χ1) is 5.45. The summed E-state index contributed by atoms with van der Waals surface area (Å²) >= 11 is 0. The molecule has 0 aromatic carbocycles. The number of hydrogen-bond acceptors (Lipinski definition) is 3. The van der Waals surface area contributed by atoms with Crippen molar-refractivity contribution in [2.45, 2.75) is 26.3 Å². The summed E-state index contributed by atoms with van der Waals surface area (Å²) in [5.74, 6) is 0. The van der Waals surface area contributed by atoms with Gasteiger partial charge < -0.3 is 10.1 Å². The van der Waals surface area contributed by atoms with Crippen LogP contribution in [0.3, 0.4) is 0 Å². The summed E-state index contributed by atoms with van der Waals surface area (Å²) in [6.07, 6.45) is -0.588. The normalized spacial score (nSPS) is 9.92. The average molecular weight is 172 g/mol. The first-order valence-corrected chi connectivity index (χ1v) is 3.41. The predicted molar refractivity (Wildman–Crippen MR) is 43.4 cm³/mol. The molecule has 0 aromatic heterocycles. The lowest BCUT2D eigenvalue weighted by molar-refractivity contribution is 0.140. The van der Waals surface area contributed by atoms with Crippen molar-refractivity contribution in [3.63, 3.8) is 0 Å². The summed E-state index contributed by atoms with van der Waals surface area (Å²) in [5, 5.41) is 5.57.